The molecule has 0 aliphatic carbocycles. The Hall–Kier alpha value is -4.69. The van der Waals surface area contributed by atoms with E-state index in [1.165, 1.54) is 18.8 Å². The fourth-order valence-corrected chi connectivity index (χ4v) is 5.78. The van der Waals surface area contributed by atoms with E-state index in [9.17, 15) is 14.9 Å². The monoisotopic (exact) mass is 543 g/mol. The van der Waals surface area contributed by atoms with E-state index in [2.05, 4.69) is 16.0 Å². The van der Waals surface area contributed by atoms with Crippen molar-refractivity contribution in [1.82, 2.24) is 24.3 Å². The first-order valence-corrected chi connectivity index (χ1v) is 12.4. The Labute approximate surface area is 227 Å². The molecule has 0 fully saturated rings. The highest BCUT2D eigenvalue weighted by molar-refractivity contribution is 6.34. The number of hydrogen-bond acceptors (Lipinski definition) is 8. The van der Waals surface area contributed by atoms with Crippen LogP contribution in [0.5, 0.6) is 11.9 Å². The first-order valence-electron chi connectivity index (χ1n) is 12.1. The highest BCUT2D eigenvalue weighted by Crippen LogP contribution is 2.54. The molecule has 1 unspecified atom stereocenters. The number of aromatic nitrogens is 5. The van der Waals surface area contributed by atoms with Gasteiger partial charge >= 0.3 is 6.01 Å². The molecule has 196 valence electrons. The maximum absolute atomic E-state index is 14.1. The van der Waals surface area contributed by atoms with Gasteiger partial charge in [-0.05, 0) is 29.2 Å². The molecular weight excluding hydrogens is 522 g/mol. The number of pyridine rings is 1. The maximum Gasteiger partial charge on any atom is 0.319 e. The number of benzene rings is 1. The zero-order chi connectivity index (χ0) is 27.7. The molecule has 0 spiro atoms. The fraction of sp³-hybridized carbons (Fsp3) is 0.259. The smallest absolute Gasteiger partial charge is 0.319 e. The van der Waals surface area contributed by atoms with Gasteiger partial charge in [0.1, 0.15) is 10.7 Å². The molecule has 1 atom stereocenters. The van der Waals surface area contributed by atoms with Gasteiger partial charge in [0.25, 0.3) is 11.5 Å². The van der Waals surface area contributed by atoms with Gasteiger partial charge in [-0.25, -0.2) is 9.67 Å². The molecule has 2 aliphatic rings. The molecule has 0 saturated carbocycles. The van der Waals surface area contributed by atoms with Gasteiger partial charge in [-0.15, -0.1) is 0 Å². The fourth-order valence-electron chi connectivity index (χ4n) is 5.45. The van der Waals surface area contributed by atoms with Crippen LogP contribution in [0.25, 0.3) is 16.8 Å². The third-order valence-electron chi connectivity index (χ3n) is 7.08. The van der Waals surface area contributed by atoms with E-state index in [1.54, 1.807) is 41.2 Å². The number of amides is 1. The Bertz CT molecular complexity index is 1820. The highest BCUT2D eigenvalue weighted by atomic mass is 35.5. The van der Waals surface area contributed by atoms with Crippen molar-refractivity contribution in [2.75, 3.05) is 19.1 Å². The predicted molar refractivity (Wildman–Crippen MR) is 142 cm³/mol. The number of aryl methyl sites for hydroxylation is 1. The number of methoxy groups -OCH3 is 2. The van der Waals surface area contributed by atoms with E-state index < -0.39 is 11.6 Å². The summed E-state index contributed by atoms with van der Waals surface area (Å²) in [4.78, 5) is 37.1. The summed E-state index contributed by atoms with van der Waals surface area (Å²) in [5.41, 5.74) is 4.48. The van der Waals surface area contributed by atoms with E-state index in [1.807, 2.05) is 19.9 Å². The number of nitrogens with zero attached hydrogens (tertiary/aromatic N) is 7. The molecule has 11 nitrogen and oxygen atoms in total. The zero-order valence-electron chi connectivity index (χ0n) is 21.7. The molecule has 1 aromatic carbocycles. The van der Waals surface area contributed by atoms with Crippen molar-refractivity contribution < 1.29 is 14.3 Å². The van der Waals surface area contributed by atoms with E-state index in [0.717, 1.165) is 16.8 Å². The van der Waals surface area contributed by atoms with E-state index in [4.69, 9.17) is 26.2 Å². The third-order valence-corrected chi connectivity index (χ3v) is 7.43. The summed E-state index contributed by atoms with van der Waals surface area (Å²) in [6, 6.07) is 6.94. The number of anilines is 1. The average molecular weight is 544 g/mol. The van der Waals surface area contributed by atoms with Gasteiger partial charge in [0.15, 0.2) is 5.69 Å². The lowest BCUT2D eigenvalue weighted by atomic mass is 9.85. The lowest BCUT2D eigenvalue weighted by molar-refractivity contribution is 0.0988. The minimum absolute atomic E-state index is 0.0172. The van der Waals surface area contributed by atoms with Crippen LogP contribution < -0.4 is 19.9 Å². The number of ether oxygens (including phenoxy) is 2. The molecular formula is C27H22ClN7O4. The van der Waals surface area contributed by atoms with Gasteiger partial charge in [0.2, 0.25) is 5.88 Å². The summed E-state index contributed by atoms with van der Waals surface area (Å²) in [6.07, 6.45) is 3.14. The molecule has 0 N–H and O–H groups in total. The van der Waals surface area contributed by atoms with Gasteiger partial charge in [0, 0.05) is 24.4 Å². The molecule has 1 amide bonds. The van der Waals surface area contributed by atoms with Gasteiger partial charge in [0.05, 0.1) is 49.5 Å². The minimum atomic E-state index is -0.562. The Morgan fingerprint density at radius 2 is 1.92 bits per heavy atom. The lowest BCUT2D eigenvalue weighted by Crippen LogP contribution is -2.35. The Kier molecular flexibility index (Phi) is 5.48. The van der Waals surface area contributed by atoms with Crippen LogP contribution in [0, 0.1) is 11.3 Å². The van der Waals surface area contributed by atoms with E-state index in [-0.39, 0.29) is 34.4 Å². The van der Waals surface area contributed by atoms with Crippen molar-refractivity contribution in [2.45, 2.75) is 25.8 Å². The average Bonchev–Trinajstić information content (AvgIpc) is 3.46. The molecule has 3 aromatic heterocycles. The molecule has 5 heterocycles. The first-order chi connectivity index (χ1) is 18.7. The molecule has 39 heavy (non-hydrogen) atoms. The van der Waals surface area contributed by atoms with Crippen molar-refractivity contribution in [1.29, 1.82) is 5.26 Å². The zero-order valence-corrected chi connectivity index (χ0v) is 22.4. The van der Waals surface area contributed by atoms with Crippen molar-refractivity contribution in [2.24, 2.45) is 7.05 Å². The lowest BCUT2D eigenvalue weighted by Gasteiger charge is -2.35. The summed E-state index contributed by atoms with van der Waals surface area (Å²) in [5, 5.41) is 14.4. The molecule has 4 aromatic rings. The molecule has 12 heteroatoms. The summed E-state index contributed by atoms with van der Waals surface area (Å²) in [7, 11) is 4.53. The molecule has 0 bridgehead atoms. The number of nitriles is 1. The van der Waals surface area contributed by atoms with Gasteiger partial charge < -0.3 is 14.0 Å². The topological polar surface area (TPSA) is 128 Å². The maximum atomic E-state index is 14.1. The number of fused-ring (bicyclic) bond motifs is 8. The van der Waals surface area contributed by atoms with E-state index in [0.29, 0.717) is 28.1 Å². The minimum Gasteiger partial charge on any atom is -0.479 e. The summed E-state index contributed by atoms with van der Waals surface area (Å²) in [6.45, 7) is 4.02. The Morgan fingerprint density at radius 3 is 2.59 bits per heavy atom. The second-order valence-corrected chi connectivity index (χ2v) is 9.95. The molecule has 2 aliphatic heterocycles. The largest absolute Gasteiger partial charge is 0.479 e. The highest BCUT2D eigenvalue weighted by Gasteiger charge is 2.49. The molecule has 6 rings (SSSR count). The van der Waals surface area contributed by atoms with Crippen LogP contribution in [0.4, 0.5) is 5.69 Å². The van der Waals surface area contributed by atoms with E-state index >= 15 is 0 Å². The van der Waals surface area contributed by atoms with Crippen molar-refractivity contribution in [3.8, 4) is 34.8 Å². The van der Waals surface area contributed by atoms with Crippen molar-refractivity contribution >= 4 is 23.2 Å². The van der Waals surface area contributed by atoms with Crippen molar-refractivity contribution in [3.63, 3.8) is 0 Å². The van der Waals surface area contributed by atoms with Crippen molar-refractivity contribution in [3.05, 3.63) is 74.0 Å². The first kappa shape index (κ1) is 24.6. The second-order valence-electron chi connectivity index (χ2n) is 9.58. The van der Waals surface area contributed by atoms with Crippen LogP contribution in [0.1, 0.15) is 58.7 Å². The van der Waals surface area contributed by atoms with Crippen LogP contribution in [0.2, 0.25) is 5.02 Å². The number of hydrogen-bond donors (Lipinski definition) is 0. The second kappa shape index (κ2) is 8.68. The van der Waals surface area contributed by atoms with Crippen LogP contribution in [0.15, 0.2) is 35.4 Å². The van der Waals surface area contributed by atoms with Crippen LogP contribution in [-0.4, -0.2) is 44.4 Å². The van der Waals surface area contributed by atoms with Crippen LogP contribution >= 0.6 is 11.6 Å². The Balaban J connectivity index is 1.67. The third kappa shape index (κ3) is 3.31. The number of carbonyl (C=O) groups is 1. The summed E-state index contributed by atoms with van der Waals surface area (Å²) in [5.74, 6) is -0.174. The van der Waals surface area contributed by atoms with Crippen LogP contribution in [-0.2, 0) is 7.05 Å². The van der Waals surface area contributed by atoms with Gasteiger partial charge in [-0.1, -0.05) is 31.5 Å². The summed E-state index contributed by atoms with van der Waals surface area (Å²) >= 11 is 6.60. The van der Waals surface area contributed by atoms with Crippen LogP contribution in [0.3, 0.4) is 0 Å². The number of carbonyl (C=O) groups excluding carboxylic acids is 1. The Morgan fingerprint density at radius 1 is 1.15 bits per heavy atom. The van der Waals surface area contributed by atoms with Gasteiger partial charge in [-0.2, -0.15) is 15.3 Å². The number of halogens is 1. The molecule has 0 radical (unpaired) electrons. The van der Waals surface area contributed by atoms with Gasteiger partial charge in [-0.3, -0.25) is 14.5 Å². The quantitative estimate of drug-likeness (QED) is 0.380. The number of rotatable bonds is 4. The standard InChI is InChI=1S/C27H22ClN7O4/c1-12(2)22-19-21(32-35(22)16-10-30-27(39-5)31-24(16)38-4)26(37)34-17-11-33(3)25(36)20(28)18(17)15-8-13(9-29)6-7-14(15)23(19)34/h6-8,10-12,23H,1-5H3. The SMILES string of the molecule is COc1ncc(-n2nc3c(c2C(C)C)C2c4ccc(C#N)cc4-c4c(cn(C)c(=O)c4Cl)N2C3=O)c(OC)n1. The molecule has 0 saturated heterocycles. The predicted octanol–water partition coefficient (Wildman–Crippen LogP) is 3.76. The normalized spacial score (nSPS) is 15.0. The summed E-state index contributed by atoms with van der Waals surface area (Å²) < 4.78 is 13.7.